The zero-order valence-electron chi connectivity index (χ0n) is 12.1. The van der Waals surface area contributed by atoms with Crippen LogP contribution in [0.1, 0.15) is 20.3 Å². The normalized spacial score (nSPS) is 10.8. The predicted octanol–water partition coefficient (Wildman–Crippen LogP) is 2.93. The Balaban J connectivity index is 2.04. The number of hydrogen-bond donors (Lipinski definition) is 2. The van der Waals surface area contributed by atoms with E-state index in [1.807, 2.05) is 0 Å². The molecule has 5 heteroatoms. The third-order valence-corrected chi connectivity index (χ3v) is 2.76. The molecular weight excluding hydrogens is 276 g/mol. The van der Waals surface area contributed by atoms with Crippen molar-refractivity contribution >= 4 is 23.2 Å². The maximum atomic E-state index is 11.6. The van der Waals surface area contributed by atoms with Gasteiger partial charge in [0, 0.05) is 23.9 Å². The molecule has 4 nitrogen and oxygen atoms in total. The monoisotopic (exact) mass is 298 g/mol. The average molecular weight is 299 g/mol. The predicted molar refractivity (Wildman–Crippen MR) is 83.2 cm³/mol. The molecule has 1 aromatic rings. The number of ether oxygens (including phenoxy) is 1. The number of halogens is 1. The summed E-state index contributed by atoms with van der Waals surface area (Å²) in [5.74, 6) is 0.503. The minimum absolute atomic E-state index is 0.0598. The molecule has 0 aliphatic carbocycles. The van der Waals surface area contributed by atoms with E-state index >= 15 is 0 Å². The molecule has 0 atom stereocenters. The van der Waals surface area contributed by atoms with E-state index in [2.05, 4.69) is 24.5 Å². The van der Waals surface area contributed by atoms with Gasteiger partial charge < -0.3 is 15.4 Å². The van der Waals surface area contributed by atoms with E-state index in [1.165, 1.54) is 0 Å². The van der Waals surface area contributed by atoms with Crippen molar-refractivity contribution in [3.63, 3.8) is 0 Å². The summed E-state index contributed by atoms with van der Waals surface area (Å²) in [6.07, 6.45) is 0.904. The minimum atomic E-state index is -0.0598. The van der Waals surface area contributed by atoms with Crippen LogP contribution in [0.3, 0.4) is 0 Å². The molecule has 20 heavy (non-hydrogen) atoms. The summed E-state index contributed by atoms with van der Waals surface area (Å²) in [6.45, 7) is 6.83. The first-order valence-corrected chi connectivity index (χ1v) is 7.29. The Labute approximate surface area is 125 Å². The van der Waals surface area contributed by atoms with Crippen LogP contribution in [0.5, 0.6) is 0 Å². The molecular formula is C15H23ClN2O2. The number of carbonyl (C=O) groups excluding carboxylic acids is 1. The third kappa shape index (κ3) is 8.15. The first-order valence-electron chi connectivity index (χ1n) is 6.92. The van der Waals surface area contributed by atoms with Crippen LogP contribution in [0.4, 0.5) is 5.69 Å². The second-order valence-electron chi connectivity index (χ2n) is 5.05. The quantitative estimate of drug-likeness (QED) is 0.689. The SMILES string of the molecule is CC(C)COCCCNCC(=O)Nc1ccc(Cl)cc1. The van der Waals surface area contributed by atoms with Crippen molar-refractivity contribution in [1.82, 2.24) is 5.32 Å². The van der Waals surface area contributed by atoms with Crippen LogP contribution in [0, 0.1) is 5.92 Å². The van der Waals surface area contributed by atoms with E-state index < -0.39 is 0 Å². The van der Waals surface area contributed by atoms with Gasteiger partial charge in [-0.25, -0.2) is 0 Å². The molecule has 1 amide bonds. The fraction of sp³-hybridized carbons (Fsp3) is 0.533. The maximum absolute atomic E-state index is 11.6. The van der Waals surface area contributed by atoms with E-state index in [9.17, 15) is 4.79 Å². The first-order chi connectivity index (χ1) is 9.58. The number of amides is 1. The lowest BCUT2D eigenvalue weighted by atomic mass is 10.2. The van der Waals surface area contributed by atoms with Crippen LogP contribution in [0.15, 0.2) is 24.3 Å². The van der Waals surface area contributed by atoms with Crippen LogP contribution in [-0.2, 0) is 9.53 Å². The average Bonchev–Trinajstić information content (AvgIpc) is 2.40. The number of anilines is 1. The lowest BCUT2D eigenvalue weighted by Gasteiger charge is -2.08. The molecule has 1 aromatic carbocycles. The molecule has 0 heterocycles. The van der Waals surface area contributed by atoms with Gasteiger partial charge in [-0.2, -0.15) is 0 Å². The molecule has 112 valence electrons. The molecule has 1 rings (SSSR count). The van der Waals surface area contributed by atoms with Gasteiger partial charge >= 0.3 is 0 Å². The summed E-state index contributed by atoms with van der Waals surface area (Å²) in [6, 6.07) is 7.05. The Morgan fingerprint density at radius 3 is 2.65 bits per heavy atom. The number of nitrogens with one attached hydrogen (secondary N) is 2. The Hall–Kier alpha value is -1.10. The number of rotatable bonds is 9. The van der Waals surface area contributed by atoms with Crippen molar-refractivity contribution < 1.29 is 9.53 Å². The molecule has 0 aliphatic heterocycles. The largest absolute Gasteiger partial charge is 0.381 e. The standard InChI is InChI=1S/C15H23ClN2O2/c1-12(2)11-20-9-3-8-17-10-15(19)18-14-6-4-13(16)5-7-14/h4-7,12,17H,3,8-11H2,1-2H3,(H,18,19). The molecule has 0 radical (unpaired) electrons. The van der Waals surface area contributed by atoms with Gasteiger partial charge in [-0.3, -0.25) is 4.79 Å². The fourth-order valence-corrected chi connectivity index (χ4v) is 1.68. The summed E-state index contributed by atoms with van der Waals surface area (Å²) in [7, 11) is 0. The molecule has 0 bridgehead atoms. The van der Waals surface area contributed by atoms with Crippen LogP contribution in [0.2, 0.25) is 5.02 Å². The van der Waals surface area contributed by atoms with E-state index in [-0.39, 0.29) is 5.91 Å². The van der Waals surface area contributed by atoms with Gasteiger partial charge in [0.1, 0.15) is 0 Å². The Kier molecular flexibility index (Phi) is 8.26. The van der Waals surface area contributed by atoms with E-state index in [1.54, 1.807) is 24.3 Å². The highest BCUT2D eigenvalue weighted by atomic mass is 35.5. The van der Waals surface area contributed by atoms with Crippen molar-refractivity contribution in [2.24, 2.45) is 5.92 Å². The second-order valence-corrected chi connectivity index (χ2v) is 5.49. The summed E-state index contributed by atoms with van der Waals surface area (Å²) < 4.78 is 5.46. The van der Waals surface area contributed by atoms with Crippen molar-refractivity contribution in [3.8, 4) is 0 Å². The molecule has 0 fully saturated rings. The smallest absolute Gasteiger partial charge is 0.238 e. The summed E-state index contributed by atoms with van der Waals surface area (Å²) in [4.78, 5) is 11.6. The van der Waals surface area contributed by atoms with Gasteiger partial charge in [0.2, 0.25) is 5.91 Å². The van der Waals surface area contributed by atoms with Crippen molar-refractivity contribution in [1.29, 1.82) is 0 Å². The highest BCUT2D eigenvalue weighted by molar-refractivity contribution is 6.30. The second kappa shape index (κ2) is 9.75. The zero-order chi connectivity index (χ0) is 14.8. The number of benzene rings is 1. The fourth-order valence-electron chi connectivity index (χ4n) is 1.56. The van der Waals surface area contributed by atoms with Crippen molar-refractivity contribution in [2.45, 2.75) is 20.3 Å². The molecule has 0 saturated carbocycles. The molecule has 0 aliphatic rings. The van der Waals surface area contributed by atoms with Crippen LogP contribution >= 0.6 is 11.6 Å². The summed E-state index contributed by atoms with van der Waals surface area (Å²) in [5, 5.41) is 6.54. The van der Waals surface area contributed by atoms with Gasteiger partial charge in [-0.1, -0.05) is 25.4 Å². The molecule has 0 spiro atoms. The number of hydrogen-bond acceptors (Lipinski definition) is 3. The Morgan fingerprint density at radius 1 is 1.30 bits per heavy atom. The van der Waals surface area contributed by atoms with Crippen LogP contribution in [-0.4, -0.2) is 32.2 Å². The summed E-state index contributed by atoms with van der Waals surface area (Å²) in [5.41, 5.74) is 0.751. The van der Waals surface area contributed by atoms with Crippen molar-refractivity contribution in [3.05, 3.63) is 29.3 Å². The highest BCUT2D eigenvalue weighted by Gasteiger charge is 2.01. The topological polar surface area (TPSA) is 50.4 Å². The van der Waals surface area contributed by atoms with Gasteiger partial charge in [0.05, 0.1) is 6.54 Å². The molecule has 2 N–H and O–H groups in total. The molecule has 0 aromatic heterocycles. The van der Waals surface area contributed by atoms with Crippen LogP contribution in [0.25, 0.3) is 0 Å². The van der Waals surface area contributed by atoms with Crippen LogP contribution < -0.4 is 10.6 Å². The van der Waals surface area contributed by atoms with Gasteiger partial charge in [-0.05, 0) is 43.1 Å². The molecule has 0 saturated heterocycles. The summed E-state index contributed by atoms with van der Waals surface area (Å²) >= 11 is 5.77. The Morgan fingerprint density at radius 2 is 2.00 bits per heavy atom. The lowest BCUT2D eigenvalue weighted by Crippen LogP contribution is -2.29. The highest BCUT2D eigenvalue weighted by Crippen LogP contribution is 2.12. The minimum Gasteiger partial charge on any atom is -0.381 e. The van der Waals surface area contributed by atoms with E-state index in [0.29, 0.717) is 17.5 Å². The van der Waals surface area contributed by atoms with Crippen molar-refractivity contribution in [2.75, 3.05) is 31.6 Å². The van der Waals surface area contributed by atoms with Gasteiger partial charge in [-0.15, -0.1) is 0 Å². The van der Waals surface area contributed by atoms with E-state index in [4.69, 9.17) is 16.3 Å². The lowest BCUT2D eigenvalue weighted by molar-refractivity contribution is -0.115. The first kappa shape index (κ1) is 17.0. The Bertz CT molecular complexity index is 393. The maximum Gasteiger partial charge on any atom is 0.238 e. The third-order valence-electron chi connectivity index (χ3n) is 2.51. The number of carbonyl (C=O) groups is 1. The zero-order valence-corrected chi connectivity index (χ0v) is 12.9. The van der Waals surface area contributed by atoms with Gasteiger partial charge in [0.25, 0.3) is 0 Å². The van der Waals surface area contributed by atoms with E-state index in [0.717, 1.165) is 31.9 Å². The molecule has 0 unspecified atom stereocenters. The van der Waals surface area contributed by atoms with Gasteiger partial charge in [0.15, 0.2) is 0 Å².